The lowest BCUT2D eigenvalue weighted by molar-refractivity contribution is -0.274. The van der Waals surface area contributed by atoms with Crippen LogP contribution < -0.4 is 9.64 Å². The molecule has 17 heavy (non-hydrogen) atoms. The number of ether oxygens (including phenoxy) is 1. The predicted octanol–water partition coefficient (Wildman–Crippen LogP) is 2.73. The number of halogens is 3. The second kappa shape index (κ2) is 4.90. The highest BCUT2D eigenvalue weighted by atomic mass is 19.4. The molecular formula is C11H10F3NO2. The lowest BCUT2D eigenvalue weighted by Crippen LogP contribution is -2.23. The summed E-state index contributed by atoms with van der Waals surface area (Å²) in [6, 6.07) is 4.97. The number of carbonyl (C=O) groups excluding carboxylic acids is 1. The highest BCUT2D eigenvalue weighted by Crippen LogP contribution is 2.24. The third-order valence-electron chi connectivity index (χ3n) is 1.96. The quantitative estimate of drug-likeness (QED) is 0.766. The molecule has 0 aliphatic carbocycles. The molecule has 3 nitrogen and oxygen atoms in total. The van der Waals surface area contributed by atoms with Crippen LogP contribution in [0.25, 0.3) is 0 Å². The van der Waals surface area contributed by atoms with Crippen LogP contribution in [0.1, 0.15) is 0 Å². The number of amides is 1. The maximum atomic E-state index is 11.9. The Balaban J connectivity index is 2.81. The van der Waals surface area contributed by atoms with Crippen LogP contribution in [-0.4, -0.2) is 19.3 Å². The van der Waals surface area contributed by atoms with Crippen LogP contribution in [-0.2, 0) is 4.79 Å². The molecule has 1 aromatic rings. The molecule has 0 bridgehead atoms. The van der Waals surface area contributed by atoms with Gasteiger partial charge in [0.1, 0.15) is 5.75 Å². The first-order valence-corrected chi connectivity index (χ1v) is 4.59. The van der Waals surface area contributed by atoms with Crippen LogP contribution in [0, 0.1) is 0 Å². The number of anilines is 1. The summed E-state index contributed by atoms with van der Waals surface area (Å²) in [5.74, 6) is -0.685. The standard InChI is InChI=1S/C11H10F3NO2/c1-3-10(16)15(2)8-4-6-9(7-5-8)17-11(12,13)14/h3-7H,1H2,2H3. The molecule has 0 saturated heterocycles. The number of nitrogens with zero attached hydrogens (tertiary/aromatic N) is 1. The number of benzene rings is 1. The maximum Gasteiger partial charge on any atom is 0.573 e. The van der Waals surface area contributed by atoms with Crippen molar-refractivity contribution in [1.29, 1.82) is 0 Å². The Morgan fingerprint density at radius 1 is 1.35 bits per heavy atom. The lowest BCUT2D eigenvalue weighted by Gasteiger charge is -2.16. The molecule has 0 atom stereocenters. The molecule has 1 aromatic carbocycles. The van der Waals surface area contributed by atoms with Gasteiger partial charge < -0.3 is 9.64 Å². The van der Waals surface area contributed by atoms with Crippen LogP contribution in [0.4, 0.5) is 18.9 Å². The first-order chi connectivity index (χ1) is 7.83. The molecule has 0 unspecified atom stereocenters. The average Bonchev–Trinajstić information content (AvgIpc) is 2.26. The smallest absolute Gasteiger partial charge is 0.406 e. The van der Waals surface area contributed by atoms with Crippen molar-refractivity contribution < 1.29 is 22.7 Å². The van der Waals surface area contributed by atoms with Gasteiger partial charge in [-0.3, -0.25) is 4.79 Å². The van der Waals surface area contributed by atoms with Crippen molar-refractivity contribution in [3.63, 3.8) is 0 Å². The summed E-state index contributed by atoms with van der Waals surface area (Å²) < 4.78 is 39.3. The second-order valence-corrected chi connectivity index (χ2v) is 3.14. The first-order valence-electron chi connectivity index (χ1n) is 4.59. The number of hydrogen-bond donors (Lipinski definition) is 0. The van der Waals surface area contributed by atoms with E-state index in [1.807, 2.05) is 0 Å². The van der Waals surface area contributed by atoms with E-state index in [0.29, 0.717) is 5.69 Å². The Morgan fingerprint density at radius 3 is 2.29 bits per heavy atom. The number of alkyl halides is 3. The van der Waals surface area contributed by atoms with Gasteiger partial charge in [-0.25, -0.2) is 0 Å². The van der Waals surface area contributed by atoms with Crippen LogP contribution in [0.5, 0.6) is 5.75 Å². The van der Waals surface area contributed by atoms with Gasteiger partial charge in [0, 0.05) is 12.7 Å². The zero-order chi connectivity index (χ0) is 13.1. The zero-order valence-corrected chi connectivity index (χ0v) is 8.99. The van der Waals surface area contributed by atoms with E-state index in [1.165, 1.54) is 24.1 Å². The van der Waals surface area contributed by atoms with Gasteiger partial charge in [0.15, 0.2) is 0 Å². The largest absolute Gasteiger partial charge is 0.573 e. The zero-order valence-electron chi connectivity index (χ0n) is 8.99. The molecule has 1 amide bonds. The molecular weight excluding hydrogens is 235 g/mol. The van der Waals surface area contributed by atoms with Crippen molar-refractivity contribution in [3.8, 4) is 5.75 Å². The van der Waals surface area contributed by atoms with Gasteiger partial charge in [0.05, 0.1) is 0 Å². The Bertz CT molecular complexity index is 412. The molecule has 0 aliphatic heterocycles. The molecule has 0 fully saturated rings. The number of hydrogen-bond acceptors (Lipinski definition) is 2. The van der Waals surface area contributed by atoms with Gasteiger partial charge in [-0.05, 0) is 30.3 Å². The summed E-state index contributed by atoms with van der Waals surface area (Å²) in [5.41, 5.74) is 0.449. The molecule has 92 valence electrons. The number of carbonyl (C=O) groups is 1. The van der Waals surface area contributed by atoms with Crippen molar-refractivity contribution in [2.24, 2.45) is 0 Å². The molecule has 1 rings (SSSR count). The molecule has 0 spiro atoms. The highest BCUT2D eigenvalue weighted by Gasteiger charge is 2.31. The third kappa shape index (κ3) is 3.82. The van der Waals surface area contributed by atoms with Gasteiger partial charge in [-0.15, -0.1) is 13.2 Å². The van der Waals surface area contributed by atoms with E-state index in [9.17, 15) is 18.0 Å². The minimum Gasteiger partial charge on any atom is -0.406 e. The highest BCUT2D eigenvalue weighted by molar-refractivity contribution is 6.00. The molecule has 0 saturated carbocycles. The van der Waals surface area contributed by atoms with Gasteiger partial charge in [0.2, 0.25) is 5.91 Å². The van der Waals surface area contributed by atoms with E-state index in [4.69, 9.17) is 0 Å². The van der Waals surface area contributed by atoms with Crippen LogP contribution in [0.2, 0.25) is 0 Å². The fourth-order valence-corrected chi connectivity index (χ4v) is 1.14. The summed E-state index contributed by atoms with van der Waals surface area (Å²) in [6.07, 6.45) is -3.61. The Labute approximate surface area is 96.1 Å². The minimum absolute atomic E-state index is 0.333. The maximum absolute atomic E-state index is 11.9. The number of rotatable bonds is 3. The molecule has 0 N–H and O–H groups in total. The van der Waals surface area contributed by atoms with E-state index in [-0.39, 0.29) is 11.7 Å². The minimum atomic E-state index is -4.72. The van der Waals surface area contributed by atoms with Crippen LogP contribution in [0.3, 0.4) is 0 Å². The average molecular weight is 245 g/mol. The predicted molar refractivity (Wildman–Crippen MR) is 56.7 cm³/mol. The van der Waals surface area contributed by atoms with Gasteiger partial charge >= 0.3 is 6.36 Å². The Morgan fingerprint density at radius 2 is 1.88 bits per heavy atom. The van der Waals surface area contributed by atoms with Gasteiger partial charge in [-0.2, -0.15) is 0 Å². The first kappa shape index (κ1) is 13.1. The van der Waals surface area contributed by atoms with Crippen LogP contribution >= 0.6 is 0 Å². The summed E-state index contributed by atoms with van der Waals surface area (Å²) in [4.78, 5) is 12.5. The van der Waals surface area contributed by atoms with Gasteiger partial charge in [0.25, 0.3) is 0 Å². The SMILES string of the molecule is C=CC(=O)N(C)c1ccc(OC(F)(F)F)cc1. The summed E-state index contributed by atoms with van der Waals surface area (Å²) in [5, 5.41) is 0. The Kier molecular flexibility index (Phi) is 3.77. The topological polar surface area (TPSA) is 29.5 Å². The number of likely N-dealkylation sites (N-methyl/N-ethyl adjacent to an activating group) is 1. The normalized spacial score (nSPS) is 10.8. The second-order valence-electron chi connectivity index (χ2n) is 3.14. The third-order valence-corrected chi connectivity index (χ3v) is 1.96. The molecule has 0 aromatic heterocycles. The monoisotopic (exact) mass is 245 g/mol. The van der Waals surface area contributed by atoms with E-state index in [1.54, 1.807) is 0 Å². The van der Waals surface area contributed by atoms with Crippen LogP contribution in [0.15, 0.2) is 36.9 Å². The van der Waals surface area contributed by atoms with Crippen molar-refractivity contribution in [2.75, 3.05) is 11.9 Å². The molecule has 0 aliphatic rings. The van der Waals surface area contributed by atoms with E-state index < -0.39 is 6.36 Å². The van der Waals surface area contributed by atoms with E-state index >= 15 is 0 Å². The van der Waals surface area contributed by atoms with Crippen molar-refractivity contribution in [1.82, 2.24) is 0 Å². The van der Waals surface area contributed by atoms with Crippen molar-refractivity contribution in [3.05, 3.63) is 36.9 Å². The molecule has 0 radical (unpaired) electrons. The Hall–Kier alpha value is -1.98. The lowest BCUT2D eigenvalue weighted by atomic mass is 10.3. The van der Waals surface area contributed by atoms with Crippen molar-refractivity contribution >= 4 is 11.6 Å². The van der Waals surface area contributed by atoms with E-state index in [2.05, 4.69) is 11.3 Å². The molecule has 0 heterocycles. The summed E-state index contributed by atoms with van der Waals surface area (Å²) in [6.45, 7) is 3.31. The van der Waals surface area contributed by atoms with Crippen molar-refractivity contribution in [2.45, 2.75) is 6.36 Å². The summed E-state index contributed by atoms with van der Waals surface area (Å²) in [7, 11) is 1.49. The fourth-order valence-electron chi connectivity index (χ4n) is 1.14. The fraction of sp³-hybridized carbons (Fsp3) is 0.182. The summed E-state index contributed by atoms with van der Waals surface area (Å²) >= 11 is 0. The van der Waals surface area contributed by atoms with Gasteiger partial charge in [-0.1, -0.05) is 6.58 Å². The van der Waals surface area contributed by atoms with E-state index in [0.717, 1.165) is 18.2 Å². The molecule has 6 heteroatoms.